The van der Waals surface area contributed by atoms with E-state index >= 15 is 0 Å². The molecule has 0 aliphatic heterocycles. The second-order valence-electron chi connectivity index (χ2n) is 3.99. The molecule has 1 heterocycles. The van der Waals surface area contributed by atoms with Gasteiger partial charge in [0.2, 0.25) is 0 Å². The summed E-state index contributed by atoms with van der Waals surface area (Å²) in [5, 5.41) is 0. The Balaban J connectivity index is 2.25. The van der Waals surface area contributed by atoms with E-state index in [1.165, 1.54) is 19.1 Å². The van der Waals surface area contributed by atoms with Gasteiger partial charge in [-0.05, 0) is 32.1 Å². The molecule has 0 spiro atoms. The van der Waals surface area contributed by atoms with E-state index in [1.54, 1.807) is 6.92 Å². The third kappa shape index (κ3) is 2.15. The largest absolute Gasteiger partial charge is 0.462 e. The maximum Gasteiger partial charge on any atom is 0.342 e. The van der Waals surface area contributed by atoms with Crippen LogP contribution in [0, 0.1) is 5.92 Å². The monoisotopic (exact) mass is 222 g/mol. The highest BCUT2D eigenvalue weighted by Gasteiger charge is 2.28. The summed E-state index contributed by atoms with van der Waals surface area (Å²) >= 11 is 0. The van der Waals surface area contributed by atoms with Crippen LogP contribution in [0.3, 0.4) is 0 Å². The summed E-state index contributed by atoms with van der Waals surface area (Å²) in [6, 6.07) is 0. The van der Waals surface area contributed by atoms with Crippen molar-refractivity contribution in [3.8, 4) is 0 Å². The van der Waals surface area contributed by atoms with E-state index in [2.05, 4.69) is 0 Å². The molecule has 0 atom stereocenters. The minimum atomic E-state index is -0.464. The normalized spacial score (nSPS) is 14.8. The lowest BCUT2D eigenvalue weighted by molar-refractivity contribution is 0.0521. The molecule has 0 aromatic carbocycles. The van der Waals surface area contributed by atoms with Crippen molar-refractivity contribution in [2.24, 2.45) is 5.92 Å². The Hall–Kier alpha value is -1.58. The number of furan rings is 1. The van der Waals surface area contributed by atoms with Gasteiger partial charge in [0.05, 0.1) is 12.9 Å². The summed E-state index contributed by atoms with van der Waals surface area (Å²) in [6.45, 7) is 2.03. The third-order valence-electron chi connectivity index (χ3n) is 2.69. The van der Waals surface area contributed by atoms with Crippen molar-refractivity contribution in [3.05, 3.63) is 23.2 Å². The average molecular weight is 222 g/mol. The van der Waals surface area contributed by atoms with Gasteiger partial charge in [0, 0.05) is 5.56 Å². The first-order valence-corrected chi connectivity index (χ1v) is 5.49. The van der Waals surface area contributed by atoms with Gasteiger partial charge >= 0.3 is 5.97 Å². The van der Waals surface area contributed by atoms with E-state index in [1.807, 2.05) is 0 Å². The standard InChI is InChI=1S/C12H14O4/c1-2-15-12(14)11-9(5-8-3-4-8)7-16-10(11)6-13/h6-8H,2-5H2,1H3. The Labute approximate surface area is 93.6 Å². The van der Waals surface area contributed by atoms with E-state index in [0.717, 1.165) is 12.0 Å². The molecule has 0 bridgehead atoms. The number of carbonyl (C=O) groups excluding carboxylic acids is 2. The van der Waals surface area contributed by atoms with Gasteiger partial charge in [-0.25, -0.2) is 4.79 Å². The number of carbonyl (C=O) groups is 2. The molecular formula is C12H14O4. The van der Waals surface area contributed by atoms with Crippen molar-refractivity contribution in [3.63, 3.8) is 0 Å². The van der Waals surface area contributed by atoms with Crippen LogP contribution in [0.25, 0.3) is 0 Å². The van der Waals surface area contributed by atoms with Crippen molar-refractivity contribution in [1.82, 2.24) is 0 Å². The molecule has 1 aliphatic carbocycles. The minimum absolute atomic E-state index is 0.0779. The molecule has 0 radical (unpaired) electrons. The fraction of sp³-hybridized carbons (Fsp3) is 0.500. The highest BCUT2D eigenvalue weighted by atomic mass is 16.5. The van der Waals surface area contributed by atoms with Crippen LogP contribution in [0.15, 0.2) is 10.7 Å². The van der Waals surface area contributed by atoms with Crippen LogP contribution in [-0.2, 0) is 11.2 Å². The minimum Gasteiger partial charge on any atom is -0.462 e. The summed E-state index contributed by atoms with van der Waals surface area (Å²) < 4.78 is 9.99. The average Bonchev–Trinajstić information content (AvgIpc) is 2.97. The first kappa shape index (κ1) is 10.9. The van der Waals surface area contributed by atoms with Crippen LogP contribution in [0.5, 0.6) is 0 Å². The molecule has 1 aromatic heterocycles. The number of esters is 1. The highest BCUT2D eigenvalue weighted by molar-refractivity contribution is 5.98. The molecule has 0 amide bonds. The van der Waals surface area contributed by atoms with Gasteiger partial charge in [-0.15, -0.1) is 0 Å². The molecule has 1 saturated carbocycles. The molecule has 1 fully saturated rings. The maximum absolute atomic E-state index is 11.7. The van der Waals surface area contributed by atoms with Gasteiger partial charge < -0.3 is 9.15 Å². The SMILES string of the molecule is CCOC(=O)c1c(CC2CC2)coc1C=O. The lowest BCUT2D eigenvalue weighted by Crippen LogP contribution is -2.09. The van der Waals surface area contributed by atoms with Gasteiger partial charge in [0.15, 0.2) is 12.0 Å². The molecule has 0 saturated heterocycles. The Kier molecular flexibility index (Phi) is 3.08. The summed E-state index contributed by atoms with van der Waals surface area (Å²) in [6.07, 6.45) is 5.22. The van der Waals surface area contributed by atoms with Gasteiger partial charge in [-0.3, -0.25) is 4.79 Å². The Morgan fingerprint density at radius 1 is 1.62 bits per heavy atom. The molecule has 1 aliphatic rings. The van der Waals surface area contributed by atoms with Gasteiger partial charge in [0.25, 0.3) is 0 Å². The topological polar surface area (TPSA) is 56.5 Å². The zero-order chi connectivity index (χ0) is 11.5. The van der Waals surface area contributed by atoms with Crippen molar-refractivity contribution in [2.75, 3.05) is 6.61 Å². The molecule has 0 unspecified atom stereocenters. The van der Waals surface area contributed by atoms with Gasteiger partial charge in [0.1, 0.15) is 5.56 Å². The fourth-order valence-corrected chi connectivity index (χ4v) is 1.72. The summed E-state index contributed by atoms with van der Waals surface area (Å²) in [5.74, 6) is 0.244. The fourth-order valence-electron chi connectivity index (χ4n) is 1.72. The second kappa shape index (κ2) is 4.51. The van der Waals surface area contributed by atoms with E-state index in [0.29, 0.717) is 24.4 Å². The summed E-state index contributed by atoms with van der Waals surface area (Å²) in [5.41, 5.74) is 1.10. The van der Waals surface area contributed by atoms with Crippen LogP contribution >= 0.6 is 0 Å². The van der Waals surface area contributed by atoms with Gasteiger partial charge in [-0.2, -0.15) is 0 Å². The van der Waals surface area contributed by atoms with Crippen molar-refractivity contribution in [1.29, 1.82) is 0 Å². The molecule has 2 rings (SSSR count). The van der Waals surface area contributed by atoms with Crippen LogP contribution in [0.2, 0.25) is 0 Å². The smallest absolute Gasteiger partial charge is 0.342 e. The van der Waals surface area contributed by atoms with Crippen molar-refractivity contribution < 1.29 is 18.7 Å². The zero-order valence-electron chi connectivity index (χ0n) is 9.19. The molecular weight excluding hydrogens is 208 g/mol. The Morgan fingerprint density at radius 2 is 2.38 bits per heavy atom. The maximum atomic E-state index is 11.7. The predicted octanol–water partition coefficient (Wildman–Crippen LogP) is 2.22. The third-order valence-corrected chi connectivity index (χ3v) is 2.69. The van der Waals surface area contributed by atoms with Crippen LogP contribution in [0.4, 0.5) is 0 Å². The number of aldehydes is 1. The quantitative estimate of drug-likeness (QED) is 0.566. The number of hydrogen-bond acceptors (Lipinski definition) is 4. The Bertz CT molecular complexity index is 401. The zero-order valence-corrected chi connectivity index (χ0v) is 9.19. The van der Waals surface area contributed by atoms with E-state index in [4.69, 9.17) is 9.15 Å². The molecule has 1 aromatic rings. The number of hydrogen-bond donors (Lipinski definition) is 0. The van der Waals surface area contributed by atoms with Crippen LogP contribution in [0.1, 0.15) is 46.2 Å². The van der Waals surface area contributed by atoms with Crippen LogP contribution < -0.4 is 0 Å². The number of rotatable bonds is 5. The lowest BCUT2D eigenvalue weighted by Gasteiger charge is -2.02. The first-order chi connectivity index (χ1) is 7.76. The summed E-state index contributed by atoms with van der Waals surface area (Å²) in [7, 11) is 0. The Morgan fingerprint density at radius 3 is 2.94 bits per heavy atom. The van der Waals surface area contributed by atoms with E-state index < -0.39 is 5.97 Å². The molecule has 0 N–H and O–H groups in total. The molecule has 4 nitrogen and oxygen atoms in total. The van der Waals surface area contributed by atoms with Crippen molar-refractivity contribution >= 4 is 12.3 Å². The van der Waals surface area contributed by atoms with Crippen molar-refractivity contribution in [2.45, 2.75) is 26.2 Å². The van der Waals surface area contributed by atoms with Crippen LogP contribution in [-0.4, -0.2) is 18.9 Å². The number of ether oxygens (including phenoxy) is 1. The van der Waals surface area contributed by atoms with Gasteiger partial charge in [-0.1, -0.05) is 0 Å². The highest BCUT2D eigenvalue weighted by Crippen LogP contribution is 2.34. The molecule has 4 heteroatoms. The lowest BCUT2D eigenvalue weighted by atomic mass is 10.1. The predicted molar refractivity (Wildman–Crippen MR) is 56.5 cm³/mol. The summed E-state index contributed by atoms with van der Waals surface area (Å²) in [4.78, 5) is 22.4. The van der Waals surface area contributed by atoms with E-state index in [9.17, 15) is 9.59 Å². The molecule has 16 heavy (non-hydrogen) atoms. The van der Waals surface area contributed by atoms with E-state index in [-0.39, 0.29) is 5.76 Å². The molecule has 86 valence electrons. The first-order valence-electron chi connectivity index (χ1n) is 5.49. The second-order valence-corrected chi connectivity index (χ2v) is 3.99.